The number of aromatic carboxylic acids is 1. The van der Waals surface area contributed by atoms with Crippen LogP contribution in [-0.4, -0.2) is 25.3 Å². The minimum absolute atomic E-state index is 0.236. The Labute approximate surface area is 123 Å². The van der Waals surface area contributed by atoms with Gasteiger partial charge in [0.15, 0.2) is 11.5 Å². The number of carbonyl (C=O) groups is 1. The molecule has 2 rings (SSSR count). The smallest absolute Gasteiger partial charge is 0.337 e. The van der Waals surface area contributed by atoms with Gasteiger partial charge in [0.1, 0.15) is 0 Å². The van der Waals surface area contributed by atoms with Crippen molar-refractivity contribution in [3.63, 3.8) is 0 Å². The molecule has 0 radical (unpaired) electrons. The second kappa shape index (κ2) is 6.65. The van der Waals surface area contributed by atoms with Crippen LogP contribution < -0.4 is 14.8 Å². The van der Waals surface area contributed by atoms with E-state index < -0.39 is 5.97 Å². The van der Waals surface area contributed by atoms with Crippen molar-refractivity contribution < 1.29 is 19.4 Å². The van der Waals surface area contributed by atoms with E-state index >= 15 is 0 Å². The second-order valence-electron chi connectivity index (χ2n) is 4.36. The van der Waals surface area contributed by atoms with E-state index in [4.69, 9.17) is 14.6 Å². The lowest BCUT2D eigenvalue weighted by atomic mass is 10.1. The highest BCUT2D eigenvalue weighted by molar-refractivity contribution is 5.94. The lowest BCUT2D eigenvalue weighted by molar-refractivity contribution is 0.0698. The molecule has 0 bridgehead atoms. The van der Waals surface area contributed by atoms with E-state index in [9.17, 15) is 4.79 Å². The molecule has 2 N–H and O–H groups in total. The second-order valence-corrected chi connectivity index (χ2v) is 4.36. The van der Waals surface area contributed by atoms with Gasteiger partial charge in [-0.3, -0.25) is 0 Å². The highest BCUT2D eigenvalue weighted by atomic mass is 16.5. The monoisotopic (exact) mass is 287 g/mol. The zero-order valence-electron chi connectivity index (χ0n) is 11.9. The van der Waals surface area contributed by atoms with Gasteiger partial charge in [0.05, 0.1) is 19.8 Å². The first-order valence-corrected chi connectivity index (χ1v) is 6.43. The zero-order valence-corrected chi connectivity index (χ0v) is 11.9. The molecule has 0 aliphatic carbocycles. The third kappa shape index (κ3) is 3.25. The van der Waals surface area contributed by atoms with Crippen molar-refractivity contribution in [1.82, 2.24) is 0 Å². The van der Waals surface area contributed by atoms with E-state index in [1.807, 2.05) is 18.2 Å². The highest BCUT2D eigenvalue weighted by Gasteiger charge is 2.12. The summed E-state index contributed by atoms with van der Waals surface area (Å²) < 4.78 is 10.6. The van der Waals surface area contributed by atoms with E-state index in [-0.39, 0.29) is 5.56 Å². The Morgan fingerprint density at radius 1 is 1.10 bits per heavy atom. The molecule has 0 spiro atoms. The van der Waals surface area contributed by atoms with Gasteiger partial charge in [0.2, 0.25) is 0 Å². The fourth-order valence-electron chi connectivity index (χ4n) is 2.11. The number of rotatable bonds is 6. The van der Waals surface area contributed by atoms with Crippen molar-refractivity contribution in [2.75, 3.05) is 19.5 Å². The number of nitrogens with one attached hydrogen (secondary N) is 1. The van der Waals surface area contributed by atoms with Crippen LogP contribution in [0.4, 0.5) is 5.69 Å². The molecule has 5 nitrogen and oxygen atoms in total. The first kappa shape index (κ1) is 14.7. The predicted molar refractivity (Wildman–Crippen MR) is 80.3 cm³/mol. The van der Waals surface area contributed by atoms with E-state index in [0.717, 1.165) is 5.56 Å². The third-order valence-electron chi connectivity index (χ3n) is 3.11. The Balaban J connectivity index is 2.23. The largest absolute Gasteiger partial charge is 0.493 e. The van der Waals surface area contributed by atoms with Gasteiger partial charge in [0, 0.05) is 17.8 Å². The Hall–Kier alpha value is -2.69. The first-order chi connectivity index (χ1) is 10.2. The van der Waals surface area contributed by atoms with E-state index in [2.05, 4.69) is 5.32 Å². The molecule has 0 fully saturated rings. The van der Waals surface area contributed by atoms with Crippen LogP contribution in [-0.2, 0) is 6.54 Å². The molecule has 5 heteroatoms. The van der Waals surface area contributed by atoms with Gasteiger partial charge in [0.25, 0.3) is 0 Å². The predicted octanol–water partition coefficient (Wildman–Crippen LogP) is 3.01. The molecule has 0 unspecified atom stereocenters. The minimum Gasteiger partial charge on any atom is -0.493 e. The molecule has 110 valence electrons. The van der Waals surface area contributed by atoms with Gasteiger partial charge in [-0.2, -0.15) is 0 Å². The topological polar surface area (TPSA) is 67.8 Å². The number of hydrogen-bond acceptors (Lipinski definition) is 4. The number of hydrogen-bond donors (Lipinski definition) is 2. The number of ether oxygens (including phenoxy) is 2. The summed E-state index contributed by atoms with van der Waals surface area (Å²) in [5, 5.41) is 12.3. The van der Waals surface area contributed by atoms with Crippen LogP contribution in [0.25, 0.3) is 0 Å². The van der Waals surface area contributed by atoms with Gasteiger partial charge >= 0.3 is 5.97 Å². The quantitative estimate of drug-likeness (QED) is 0.854. The maximum Gasteiger partial charge on any atom is 0.337 e. The van der Waals surface area contributed by atoms with Crippen molar-refractivity contribution in [2.24, 2.45) is 0 Å². The van der Waals surface area contributed by atoms with E-state index in [1.165, 1.54) is 0 Å². The molecular formula is C16H17NO4. The molecule has 2 aromatic carbocycles. The van der Waals surface area contributed by atoms with Crippen molar-refractivity contribution >= 4 is 11.7 Å². The molecular weight excluding hydrogens is 270 g/mol. The van der Waals surface area contributed by atoms with Crippen LogP contribution in [0.2, 0.25) is 0 Å². The summed E-state index contributed by atoms with van der Waals surface area (Å²) >= 11 is 0. The van der Waals surface area contributed by atoms with Gasteiger partial charge in [-0.05, 0) is 18.2 Å². The lowest BCUT2D eigenvalue weighted by Crippen LogP contribution is -2.07. The maximum absolute atomic E-state index is 11.2. The Morgan fingerprint density at radius 3 is 2.52 bits per heavy atom. The van der Waals surface area contributed by atoms with Crippen molar-refractivity contribution in [3.8, 4) is 11.5 Å². The fourth-order valence-corrected chi connectivity index (χ4v) is 2.11. The SMILES string of the molecule is COc1cccc(CNc2ccccc2C(=O)O)c1OC. The molecule has 0 aliphatic heterocycles. The molecule has 0 aliphatic rings. The Bertz CT molecular complexity index is 640. The summed E-state index contributed by atoms with van der Waals surface area (Å²) in [5.41, 5.74) is 1.69. The first-order valence-electron chi connectivity index (χ1n) is 6.43. The third-order valence-corrected chi connectivity index (χ3v) is 3.11. The highest BCUT2D eigenvalue weighted by Crippen LogP contribution is 2.31. The van der Waals surface area contributed by atoms with E-state index in [1.54, 1.807) is 38.5 Å². The van der Waals surface area contributed by atoms with Crippen LogP contribution >= 0.6 is 0 Å². The molecule has 21 heavy (non-hydrogen) atoms. The molecule has 0 saturated heterocycles. The Morgan fingerprint density at radius 2 is 1.86 bits per heavy atom. The van der Waals surface area contributed by atoms with Crippen LogP contribution in [0.1, 0.15) is 15.9 Å². The molecule has 0 heterocycles. The van der Waals surface area contributed by atoms with Crippen LogP contribution in [0, 0.1) is 0 Å². The summed E-state index contributed by atoms with van der Waals surface area (Å²) in [6, 6.07) is 12.4. The van der Waals surface area contributed by atoms with Crippen molar-refractivity contribution in [3.05, 3.63) is 53.6 Å². The maximum atomic E-state index is 11.2. The summed E-state index contributed by atoms with van der Waals surface area (Å²) in [6.07, 6.45) is 0. The van der Waals surface area contributed by atoms with Gasteiger partial charge < -0.3 is 19.9 Å². The average molecular weight is 287 g/mol. The number of anilines is 1. The van der Waals surface area contributed by atoms with Crippen LogP contribution in [0.5, 0.6) is 11.5 Å². The van der Waals surface area contributed by atoms with Gasteiger partial charge in [-0.1, -0.05) is 24.3 Å². The molecule has 0 atom stereocenters. The number of carboxylic acid groups (broad SMARTS) is 1. The molecule has 0 aromatic heterocycles. The number of methoxy groups -OCH3 is 2. The summed E-state index contributed by atoms with van der Waals surface area (Å²) in [4.78, 5) is 11.2. The lowest BCUT2D eigenvalue weighted by Gasteiger charge is -2.14. The van der Waals surface area contributed by atoms with E-state index in [0.29, 0.717) is 23.7 Å². The number of carboxylic acids is 1. The van der Waals surface area contributed by atoms with Crippen molar-refractivity contribution in [2.45, 2.75) is 6.54 Å². The van der Waals surface area contributed by atoms with Crippen molar-refractivity contribution in [1.29, 1.82) is 0 Å². The number of benzene rings is 2. The molecule has 2 aromatic rings. The molecule has 0 saturated carbocycles. The summed E-state index contributed by atoms with van der Waals surface area (Å²) in [7, 11) is 3.15. The van der Waals surface area contributed by atoms with Crippen LogP contribution in [0.3, 0.4) is 0 Å². The van der Waals surface area contributed by atoms with Gasteiger partial charge in [-0.15, -0.1) is 0 Å². The standard InChI is InChI=1S/C16H17NO4/c1-20-14-9-5-6-11(15(14)21-2)10-17-13-8-4-3-7-12(13)16(18)19/h3-9,17H,10H2,1-2H3,(H,18,19). The van der Waals surface area contributed by atoms with Crippen LogP contribution in [0.15, 0.2) is 42.5 Å². The summed E-state index contributed by atoms with van der Waals surface area (Å²) in [6.45, 7) is 0.435. The normalized spacial score (nSPS) is 10.0. The number of para-hydroxylation sites is 2. The molecule has 0 amide bonds. The average Bonchev–Trinajstić information content (AvgIpc) is 2.52. The Kier molecular flexibility index (Phi) is 4.66. The fraction of sp³-hybridized carbons (Fsp3) is 0.188. The van der Waals surface area contributed by atoms with Gasteiger partial charge in [-0.25, -0.2) is 4.79 Å². The minimum atomic E-state index is -0.962. The zero-order chi connectivity index (χ0) is 15.2. The summed E-state index contributed by atoms with van der Waals surface area (Å²) in [5.74, 6) is 0.319.